The van der Waals surface area contributed by atoms with Crippen LogP contribution in [-0.2, 0) is 84.2 Å². The monoisotopic (exact) mass is 1740 g/mol. The fraction of sp³-hybridized carbons (Fsp3) is 0.419. The second-order valence-electron chi connectivity index (χ2n) is 35.2. The first-order valence-electron chi connectivity index (χ1n) is 39.8. The van der Waals surface area contributed by atoms with E-state index in [1.807, 2.05) is 158 Å². The molecule has 0 radical (unpaired) electrons. The van der Waals surface area contributed by atoms with Crippen LogP contribution in [0.5, 0.6) is 0 Å². The number of alkyl halides is 9. The quantitative estimate of drug-likeness (QED) is 0.0404. The number of hydrogen-bond donors (Lipinski definition) is 4. The average molecular weight is 1740 g/mol. The van der Waals surface area contributed by atoms with Crippen molar-refractivity contribution in [1.29, 1.82) is 0 Å². The number of nitrogen functional groups attached to an aromatic ring is 1. The van der Waals surface area contributed by atoms with Crippen molar-refractivity contribution >= 4 is 86.0 Å². The first-order chi connectivity index (χ1) is 57.8. The zero-order chi connectivity index (χ0) is 90.3. The summed E-state index contributed by atoms with van der Waals surface area (Å²) in [6.07, 6.45) is -6.58. The maximum Gasteiger partial charge on any atom is 0.410 e. The molecule has 0 spiro atoms. The molecule has 0 bridgehead atoms. The smallest absolute Gasteiger partial charge is 0.410 e. The van der Waals surface area contributed by atoms with Crippen molar-refractivity contribution in [2.24, 2.45) is 0 Å². The summed E-state index contributed by atoms with van der Waals surface area (Å²) in [7, 11) is 0. The molecule has 38 heteroatoms. The van der Waals surface area contributed by atoms with Gasteiger partial charge in [0, 0.05) is 102 Å². The maximum atomic E-state index is 13.6. The van der Waals surface area contributed by atoms with Gasteiger partial charge in [-0.3, -0.25) is 14.4 Å². The summed E-state index contributed by atoms with van der Waals surface area (Å²) in [6.45, 7) is 28.0. The molecular weight excluding hydrogens is 1640 g/mol. The number of ether oxygens (including phenoxy) is 2. The molecule has 124 heavy (non-hydrogen) atoms. The van der Waals surface area contributed by atoms with Gasteiger partial charge >= 0.3 is 30.7 Å². The highest BCUT2D eigenvalue weighted by molar-refractivity contribution is 7.98. The van der Waals surface area contributed by atoms with E-state index in [0.717, 1.165) is 73.6 Å². The molecule has 0 unspecified atom stereocenters. The summed E-state index contributed by atoms with van der Waals surface area (Å²) in [5.74, 6) is 0.741. The number of rotatable bonds is 11. The van der Waals surface area contributed by atoms with Crippen molar-refractivity contribution in [1.82, 2.24) is 88.1 Å². The number of nitrogens with two attached hydrogens (primary N) is 1. The molecule has 0 aliphatic carbocycles. The number of fused-ring (bicyclic) bond motifs is 6. The van der Waals surface area contributed by atoms with Crippen LogP contribution in [0.1, 0.15) is 154 Å². The van der Waals surface area contributed by atoms with Crippen LogP contribution in [0, 0.1) is 0 Å². The minimum absolute atomic E-state index is 0.0139. The van der Waals surface area contributed by atoms with Gasteiger partial charge in [-0.15, -0.1) is 0 Å². The average Bonchev–Trinajstić information content (AvgIpc) is 1.61. The molecule has 28 nitrogen and oxygen atoms in total. The van der Waals surface area contributed by atoms with Gasteiger partial charge in [-0.25, -0.2) is 72.6 Å². The topological polar surface area (TPSA) is 318 Å². The van der Waals surface area contributed by atoms with Crippen LogP contribution >= 0.6 is 11.8 Å². The SMILES string of the molecule is CC(C)(C)OC(=O)N1CCc2ccc(N)cc2C1.CC(C)(C)OC(=O)N1CCc2ccc(Nc3ncc4c(=O)n(CC(F)(F)F)n(-c5cccc(C(C)(C)C)n5)c4n3)cc2C1.CC(C)(C)c1cccc(-n2c3nc(Nc4ccc5c(c4)CNCC5)ncc3c(=O)n2CC(F)(F)F)n1.CSc1ncc2c(=O)n(CC(F)(F)F)n(-c3cccc(C(C)(C)C)n3)c2n1. The van der Waals surface area contributed by atoms with Gasteiger partial charge in [0.25, 0.3) is 16.7 Å². The summed E-state index contributed by atoms with van der Waals surface area (Å²) in [6, 6.07) is 32.6. The van der Waals surface area contributed by atoms with Gasteiger partial charge in [0.1, 0.15) is 47.0 Å². The fourth-order valence-electron chi connectivity index (χ4n) is 13.8. The van der Waals surface area contributed by atoms with Crippen LogP contribution in [0.3, 0.4) is 0 Å². The lowest BCUT2D eigenvalue weighted by Gasteiger charge is -2.31. The summed E-state index contributed by atoms with van der Waals surface area (Å²) >= 11 is 1.23. The van der Waals surface area contributed by atoms with Gasteiger partial charge in [0.05, 0.1) is 0 Å². The molecule has 3 aliphatic rings. The molecule has 0 fully saturated rings. The standard InChI is InChI=1S/C30H34F3N7O3.C25H26F3N7O.C17H18F3N5OS.C14H20N2O2/c1-28(2,3)22-8-7-9-23(36-22)40-24-21(25(41)39(40)17-30(31,32)33)15-34-26(37-24)35-20-11-10-18-12-13-38(16-19(18)14-20)27(42)43-29(4,5)6;1-24(2,3)19-5-4-6-20(32-19)35-21-18(22(36)34(35)14-25(26,27)28)13-30-23(33-21)31-17-8-7-15-9-10-29-12-16(15)11-17;1-16(2,3)11-6-5-7-12(22-11)25-13-10(8-21-15(23-13)27-4)14(26)24(25)9-17(18,19)20;1-14(2,3)18-13(17)16-7-6-10-4-5-12(15)8-11(10)9-16/h7-11,14-15H,12-13,16-17H2,1-6H3,(H,34,35,37);4-8,11,13,29H,9-10,12,14H2,1-3H3,(H,30,31,33);5-8H,9H2,1-4H3;4-5,8H,6-7,9,15H2,1-3H3. The molecule has 12 aromatic rings. The number of carbonyl (C=O) groups excluding carboxylic acids is 2. The van der Waals surface area contributed by atoms with Crippen LogP contribution in [0.25, 0.3) is 50.6 Å². The maximum absolute atomic E-state index is 13.6. The third-order valence-corrected chi connectivity index (χ3v) is 20.3. The van der Waals surface area contributed by atoms with Crippen LogP contribution < -0.4 is 38.4 Å². The Morgan fingerprint density at radius 3 is 1.17 bits per heavy atom. The number of anilines is 5. The van der Waals surface area contributed by atoms with Crippen LogP contribution in [0.15, 0.2) is 147 Å². The van der Waals surface area contributed by atoms with E-state index in [1.54, 1.807) is 64.6 Å². The molecule has 12 heterocycles. The molecular formula is C86H98F9N21O7S. The molecule has 15 rings (SSSR count). The number of halogens is 9. The molecule has 0 saturated carbocycles. The molecule has 2 amide bonds. The Labute approximate surface area is 711 Å². The Kier molecular flexibility index (Phi) is 25.8. The molecule has 658 valence electrons. The van der Waals surface area contributed by atoms with Gasteiger partial charge in [-0.1, -0.05) is 110 Å². The normalized spacial score (nSPS) is 14.0. The number of aromatic nitrogens is 15. The highest BCUT2D eigenvalue weighted by Gasteiger charge is 2.37. The highest BCUT2D eigenvalue weighted by Crippen LogP contribution is 2.33. The molecule has 9 aromatic heterocycles. The predicted molar refractivity (Wildman–Crippen MR) is 455 cm³/mol. The van der Waals surface area contributed by atoms with Gasteiger partial charge in [-0.05, 0) is 180 Å². The van der Waals surface area contributed by atoms with Crippen molar-refractivity contribution in [2.45, 2.75) is 214 Å². The van der Waals surface area contributed by atoms with E-state index in [9.17, 15) is 63.5 Å². The summed E-state index contributed by atoms with van der Waals surface area (Å²) in [5, 5.41) is 9.81. The van der Waals surface area contributed by atoms with Gasteiger partial charge in [0.2, 0.25) is 11.9 Å². The number of hydrogen-bond acceptors (Lipinski definition) is 21. The predicted octanol–water partition coefficient (Wildman–Crippen LogP) is 16.2. The van der Waals surface area contributed by atoms with E-state index in [2.05, 4.69) is 60.8 Å². The highest BCUT2D eigenvalue weighted by atomic mass is 32.2. The Bertz CT molecular complexity index is 6180. The molecule has 3 aromatic carbocycles. The van der Waals surface area contributed by atoms with Crippen molar-refractivity contribution in [3.05, 3.63) is 209 Å². The fourth-order valence-corrected chi connectivity index (χ4v) is 14.1. The zero-order valence-corrected chi connectivity index (χ0v) is 72.3. The van der Waals surface area contributed by atoms with Crippen LogP contribution in [0.2, 0.25) is 0 Å². The minimum atomic E-state index is -4.66. The number of pyridine rings is 3. The largest absolute Gasteiger partial charge is 0.444 e. The Balaban J connectivity index is 0.000000157. The second-order valence-corrected chi connectivity index (χ2v) is 36.0. The lowest BCUT2D eigenvalue weighted by molar-refractivity contribution is -0.144. The first kappa shape index (κ1) is 91.0. The zero-order valence-electron chi connectivity index (χ0n) is 71.5. The lowest BCUT2D eigenvalue weighted by Crippen LogP contribution is -2.39. The summed E-state index contributed by atoms with van der Waals surface area (Å²) in [5.41, 5.74) is 12.2. The van der Waals surface area contributed by atoms with Crippen LogP contribution in [-0.4, -0.2) is 151 Å². The van der Waals surface area contributed by atoms with Gasteiger partial charge in [0.15, 0.2) is 39.6 Å². The van der Waals surface area contributed by atoms with Crippen LogP contribution in [0.4, 0.5) is 78.1 Å². The molecule has 0 saturated heterocycles. The van der Waals surface area contributed by atoms with E-state index in [1.165, 1.54) is 47.5 Å². The van der Waals surface area contributed by atoms with E-state index in [0.29, 0.717) is 74.6 Å². The van der Waals surface area contributed by atoms with Gasteiger partial charge < -0.3 is 41.0 Å². The van der Waals surface area contributed by atoms with E-state index in [-0.39, 0.29) is 84.8 Å². The molecule has 0 atom stereocenters. The third kappa shape index (κ3) is 22.2. The Hall–Kier alpha value is -12.2. The number of nitrogens with zero attached hydrogens (tertiary/aromatic N) is 17. The van der Waals surface area contributed by atoms with Crippen molar-refractivity contribution in [3.8, 4) is 17.5 Å². The summed E-state index contributed by atoms with van der Waals surface area (Å²) in [4.78, 5) is 106. The number of amides is 2. The lowest BCUT2D eigenvalue weighted by atomic mass is 9.92. The van der Waals surface area contributed by atoms with Crippen molar-refractivity contribution < 1.29 is 58.6 Å². The Morgan fingerprint density at radius 1 is 0.444 bits per heavy atom. The molecule has 5 N–H and O–H groups in total. The summed E-state index contributed by atoms with van der Waals surface area (Å²) < 4.78 is 137. The number of benzene rings is 3. The number of thioether (sulfide) groups is 1. The van der Waals surface area contributed by atoms with Crippen molar-refractivity contribution in [2.75, 3.05) is 42.3 Å². The van der Waals surface area contributed by atoms with Crippen molar-refractivity contribution in [3.63, 3.8) is 0 Å². The van der Waals surface area contributed by atoms with E-state index < -0.39 is 72.1 Å². The first-order valence-corrected chi connectivity index (χ1v) is 41.0. The molecule has 3 aliphatic heterocycles. The number of nitrogens with one attached hydrogen (secondary N) is 3. The number of carbonyl (C=O) groups is 2. The minimum Gasteiger partial charge on any atom is -0.444 e. The second kappa shape index (κ2) is 35.2. The Morgan fingerprint density at radius 2 is 0.798 bits per heavy atom. The third-order valence-electron chi connectivity index (χ3n) is 19.7. The van der Waals surface area contributed by atoms with E-state index >= 15 is 0 Å². The van der Waals surface area contributed by atoms with Gasteiger partial charge in [-0.2, -0.15) is 49.5 Å². The van der Waals surface area contributed by atoms with E-state index in [4.69, 9.17) is 15.2 Å².